The quantitative estimate of drug-likeness (QED) is 0.856. The van der Waals surface area contributed by atoms with Crippen molar-refractivity contribution < 1.29 is 23.0 Å². The van der Waals surface area contributed by atoms with Crippen LogP contribution in [-0.2, 0) is 0 Å². The molecule has 0 fully saturated rings. The zero-order valence-corrected chi connectivity index (χ0v) is 11.0. The fourth-order valence-corrected chi connectivity index (χ4v) is 2.68. The first-order chi connectivity index (χ1) is 10.1. The summed E-state index contributed by atoms with van der Waals surface area (Å²) in [4.78, 5) is 0. The van der Waals surface area contributed by atoms with Gasteiger partial charge in [-0.15, -0.1) is 0 Å². The van der Waals surface area contributed by atoms with Crippen LogP contribution in [0.2, 0.25) is 0 Å². The molecule has 2 aromatic carbocycles. The molecule has 0 aliphatic carbocycles. The Bertz CT molecular complexity index is 673. The largest absolute Gasteiger partial charge is 0.493 e. The second kappa shape index (κ2) is 5.41. The topological polar surface area (TPSA) is 29.5 Å². The van der Waals surface area contributed by atoms with Crippen LogP contribution >= 0.6 is 0 Å². The third-order valence-electron chi connectivity index (χ3n) is 3.77. The molecule has 110 valence electrons. The average molecular weight is 294 g/mol. The lowest BCUT2D eigenvalue weighted by molar-refractivity contribution is 0.113. The summed E-state index contributed by atoms with van der Waals surface area (Å²) >= 11 is 0. The van der Waals surface area contributed by atoms with E-state index in [1.54, 1.807) is 24.3 Å². The van der Waals surface area contributed by atoms with E-state index in [0.717, 1.165) is 17.7 Å². The summed E-state index contributed by atoms with van der Waals surface area (Å²) in [5.74, 6) is -3.97. The van der Waals surface area contributed by atoms with Gasteiger partial charge in [0.2, 0.25) is 0 Å². The molecule has 5 heteroatoms. The molecule has 1 aliphatic heterocycles. The number of aliphatic hydroxyl groups is 1. The summed E-state index contributed by atoms with van der Waals surface area (Å²) in [6, 6.07) is 9.02. The van der Waals surface area contributed by atoms with Crippen molar-refractivity contribution in [3.05, 3.63) is 65.0 Å². The predicted octanol–water partition coefficient (Wildman–Crippen LogP) is 3.70. The molecule has 2 aromatic rings. The van der Waals surface area contributed by atoms with Gasteiger partial charge in [0.25, 0.3) is 0 Å². The summed E-state index contributed by atoms with van der Waals surface area (Å²) in [7, 11) is 0. The molecule has 3 rings (SSSR count). The minimum absolute atomic E-state index is 0.240. The molecule has 0 radical (unpaired) electrons. The molecule has 0 saturated heterocycles. The Morgan fingerprint density at radius 2 is 1.81 bits per heavy atom. The normalized spacial score (nSPS) is 18.8. The molecule has 1 N–H and O–H groups in total. The van der Waals surface area contributed by atoms with E-state index in [0.29, 0.717) is 18.8 Å². The molecule has 0 amide bonds. The van der Waals surface area contributed by atoms with Gasteiger partial charge in [-0.3, -0.25) is 0 Å². The van der Waals surface area contributed by atoms with Crippen LogP contribution in [-0.4, -0.2) is 11.7 Å². The number of para-hydroxylation sites is 1. The van der Waals surface area contributed by atoms with E-state index in [1.165, 1.54) is 0 Å². The predicted molar refractivity (Wildman–Crippen MR) is 70.6 cm³/mol. The van der Waals surface area contributed by atoms with Gasteiger partial charge in [0.1, 0.15) is 5.75 Å². The Labute approximate surface area is 119 Å². The molecule has 0 bridgehead atoms. The fraction of sp³-hybridized carbons (Fsp3) is 0.250. The van der Waals surface area contributed by atoms with Crippen LogP contribution in [0.5, 0.6) is 5.75 Å². The number of fused-ring (bicyclic) bond motifs is 1. The standard InChI is InChI=1S/C16H13F3O2/c17-12-6-5-11(14(18)15(12)19)16(20)10-7-8-21-13-4-2-1-3-9(10)13/h1-6,10,16,20H,7-8H2. The summed E-state index contributed by atoms with van der Waals surface area (Å²) < 4.78 is 45.6. The molecule has 21 heavy (non-hydrogen) atoms. The SMILES string of the molecule is OC(c1ccc(F)c(F)c1F)C1CCOc2ccccc21. The second-order valence-corrected chi connectivity index (χ2v) is 4.99. The van der Waals surface area contributed by atoms with E-state index in [1.807, 2.05) is 0 Å². The maximum atomic E-state index is 13.8. The number of hydrogen-bond acceptors (Lipinski definition) is 2. The van der Waals surface area contributed by atoms with Crippen molar-refractivity contribution in [2.24, 2.45) is 0 Å². The first-order valence-electron chi connectivity index (χ1n) is 6.62. The molecule has 0 spiro atoms. The lowest BCUT2D eigenvalue weighted by atomic mass is 9.85. The number of benzene rings is 2. The molecular weight excluding hydrogens is 281 g/mol. The van der Waals surface area contributed by atoms with Crippen LogP contribution in [0.15, 0.2) is 36.4 Å². The molecule has 2 unspecified atom stereocenters. The van der Waals surface area contributed by atoms with Crippen molar-refractivity contribution in [2.75, 3.05) is 6.61 Å². The Hall–Kier alpha value is -2.01. The number of aliphatic hydroxyl groups excluding tert-OH is 1. The van der Waals surface area contributed by atoms with Crippen molar-refractivity contribution in [3.8, 4) is 5.75 Å². The summed E-state index contributed by atoms with van der Waals surface area (Å²) in [5.41, 5.74) is 0.496. The maximum Gasteiger partial charge on any atom is 0.194 e. The Balaban J connectivity index is 2.01. The first kappa shape index (κ1) is 13.9. The average Bonchev–Trinajstić information content (AvgIpc) is 2.51. The van der Waals surface area contributed by atoms with Gasteiger partial charge in [0.15, 0.2) is 17.5 Å². The van der Waals surface area contributed by atoms with Crippen LogP contribution < -0.4 is 4.74 Å². The lowest BCUT2D eigenvalue weighted by Crippen LogP contribution is -2.21. The minimum atomic E-state index is -1.56. The lowest BCUT2D eigenvalue weighted by Gasteiger charge is -2.29. The van der Waals surface area contributed by atoms with E-state index in [2.05, 4.69) is 0 Å². The number of hydrogen-bond donors (Lipinski definition) is 1. The van der Waals surface area contributed by atoms with Crippen molar-refractivity contribution in [2.45, 2.75) is 18.4 Å². The maximum absolute atomic E-state index is 13.8. The van der Waals surface area contributed by atoms with E-state index in [-0.39, 0.29) is 5.56 Å². The molecule has 0 aromatic heterocycles. The number of halogens is 3. The van der Waals surface area contributed by atoms with Gasteiger partial charge >= 0.3 is 0 Å². The van der Waals surface area contributed by atoms with E-state index in [9.17, 15) is 18.3 Å². The third kappa shape index (κ3) is 2.38. The van der Waals surface area contributed by atoms with Gasteiger partial charge in [-0.2, -0.15) is 0 Å². The second-order valence-electron chi connectivity index (χ2n) is 4.99. The van der Waals surface area contributed by atoms with Crippen LogP contribution in [0.3, 0.4) is 0 Å². The number of ether oxygens (including phenoxy) is 1. The van der Waals surface area contributed by atoms with Gasteiger partial charge in [-0.1, -0.05) is 24.3 Å². The Morgan fingerprint density at radius 3 is 2.62 bits per heavy atom. The third-order valence-corrected chi connectivity index (χ3v) is 3.77. The molecule has 2 atom stereocenters. The number of rotatable bonds is 2. The van der Waals surface area contributed by atoms with Crippen LogP contribution in [0, 0.1) is 17.5 Å². The molecule has 2 nitrogen and oxygen atoms in total. The highest BCUT2D eigenvalue weighted by Gasteiger charge is 2.31. The van der Waals surface area contributed by atoms with Crippen molar-refractivity contribution in [1.29, 1.82) is 0 Å². The van der Waals surface area contributed by atoms with Crippen molar-refractivity contribution in [3.63, 3.8) is 0 Å². The van der Waals surface area contributed by atoms with Gasteiger partial charge in [0, 0.05) is 17.0 Å². The molecule has 0 saturated carbocycles. The smallest absolute Gasteiger partial charge is 0.194 e. The first-order valence-corrected chi connectivity index (χ1v) is 6.62. The van der Waals surface area contributed by atoms with Gasteiger partial charge in [-0.25, -0.2) is 13.2 Å². The van der Waals surface area contributed by atoms with E-state index in [4.69, 9.17) is 4.74 Å². The summed E-state index contributed by atoms with van der Waals surface area (Å²) in [6.45, 7) is 0.379. The highest BCUT2D eigenvalue weighted by molar-refractivity contribution is 5.40. The zero-order valence-electron chi connectivity index (χ0n) is 11.0. The molecule has 1 aliphatic rings. The van der Waals surface area contributed by atoms with Crippen LogP contribution in [0.4, 0.5) is 13.2 Å². The Kier molecular flexibility index (Phi) is 3.59. The van der Waals surface area contributed by atoms with Crippen molar-refractivity contribution in [1.82, 2.24) is 0 Å². The van der Waals surface area contributed by atoms with E-state index < -0.39 is 29.5 Å². The summed E-state index contributed by atoms with van der Waals surface area (Å²) in [5, 5.41) is 10.4. The van der Waals surface area contributed by atoms with Gasteiger partial charge in [0.05, 0.1) is 12.7 Å². The van der Waals surface area contributed by atoms with Gasteiger partial charge < -0.3 is 9.84 Å². The Morgan fingerprint density at radius 1 is 1.05 bits per heavy atom. The van der Waals surface area contributed by atoms with E-state index >= 15 is 0 Å². The van der Waals surface area contributed by atoms with Crippen molar-refractivity contribution >= 4 is 0 Å². The van der Waals surface area contributed by atoms with Crippen LogP contribution in [0.1, 0.15) is 29.6 Å². The summed E-state index contributed by atoms with van der Waals surface area (Å²) in [6.07, 6.45) is -0.790. The zero-order chi connectivity index (χ0) is 15.0. The fourth-order valence-electron chi connectivity index (χ4n) is 2.68. The van der Waals surface area contributed by atoms with Crippen LogP contribution in [0.25, 0.3) is 0 Å². The van der Waals surface area contributed by atoms with Gasteiger partial charge in [-0.05, 0) is 18.6 Å². The highest BCUT2D eigenvalue weighted by Crippen LogP contribution is 2.42. The highest BCUT2D eigenvalue weighted by atomic mass is 19.2. The monoisotopic (exact) mass is 294 g/mol. The molecular formula is C16H13F3O2. The molecule has 1 heterocycles. The minimum Gasteiger partial charge on any atom is -0.493 e.